The molecule has 0 aliphatic carbocycles. The second-order valence-corrected chi connectivity index (χ2v) is 5.34. The molecule has 10 heteroatoms. The predicted molar refractivity (Wildman–Crippen MR) is 84.3 cm³/mol. The van der Waals surface area contributed by atoms with Crippen molar-refractivity contribution in [1.29, 1.82) is 0 Å². The number of hydrogen-bond acceptors (Lipinski definition) is 5. The Kier molecular flexibility index (Phi) is 6.11. The van der Waals surface area contributed by atoms with Gasteiger partial charge in [0, 0.05) is 13.2 Å². The summed E-state index contributed by atoms with van der Waals surface area (Å²) in [6, 6.07) is 4.03. The number of alkyl halides is 3. The lowest BCUT2D eigenvalue weighted by Crippen LogP contribution is -2.32. The van der Waals surface area contributed by atoms with Crippen molar-refractivity contribution in [3.05, 3.63) is 63.3 Å². The standard InChI is InChI=1S/C16H16F3N3O4/c1-26-8-13-20-11(6-14(24)22-13)15(25)21-12(7-23)9-2-4-10(5-3-9)16(17,18)19/h2-6,12,23H,7-8H2,1H3,(H,21,25)(H,20,22,24). The molecule has 1 heterocycles. The highest BCUT2D eigenvalue weighted by Gasteiger charge is 2.30. The first-order valence-electron chi connectivity index (χ1n) is 7.42. The van der Waals surface area contributed by atoms with Crippen LogP contribution in [-0.2, 0) is 17.5 Å². The molecule has 0 bridgehead atoms. The summed E-state index contributed by atoms with van der Waals surface area (Å²) in [5.74, 6) is -0.618. The minimum atomic E-state index is -4.48. The van der Waals surface area contributed by atoms with E-state index in [1.165, 1.54) is 7.11 Å². The third-order valence-electron chi connectivity index (χ3n) is 3.43. The van der Waals surface area contributed by atoms with Crippen molar-refractivity contribution in [3.8, 4) is 0 Å². The van der Waals surface area contributed by atoms with Crippen LogP contribution in [0.3, 0.4) is 0 Å². The van der Waals surface area contributed by atoms with E-state index in [0.29, 0.717) is 0 Å². The number of aromatic amines is 1. The van der Waals surface area contributed by atoms with Crippen LogP contribution >= 0.6 is 0 Å². The van der Waals surface area contributed by atoms with E-state index < -0.39 is 35.9 Å². The molecule has 1 unspecified atom stereocenters. The van der Waals surface area contributed by atoms with Gasteiger partial charge in [-0.1, -0.05) is 12.1 Å². The van der Waals surface area contributed by atoms with Crippen molar-refractivity contribution in [1.82, 2.24) is 15.3 Å². The highest BCUT2D eigenvalue weighted by atomic mass is 19.4. The average molecular weight is 371 g/mol. The second kappa shape index (κ2) is 8.11. The minimum Gasteiger partial charge on any atom is -0.394 e. The Bertz CT molecular complexity index is 819. The Labute approximate surface area is 145 Å². The number of carbonyl (C=O) groups excluding carboxylic acids is 1. The van der Waals surface area contributed by atoms with Crippen molar-refractivity contribution in [2.75, 3.05) is 13.7 Å². The fraction of sp³-hybridized carbons (Fsp3) is 0.312. The second-order valence-electron chi connectivity index (χ2n) is 5.34. The van der Waals surface area contributed by atoms with Crippen LogP contribution in [0.25, 0.3) is 0 Å². The largest absolute Gasteiger partial charge is 0.416 e. The van der Waals surface area contributed by atoms with Crippen molar-refractivity contribution < 1.29 is 27.8 Å². The van der Waals surface area contributed by atoms with Gasteiger partial charge in [-0.15, -0.1) is 0 Å². The van der Waals surface area contributed by atoms with Gasteiger partial charge in [-0.3, -0.25) is 9.59 Å². The first-order valence-corrected chi connectivity index (χ1v) is 7.42. The lowest BCUT2D eigenvalue weighted by molar-refractivity contribution is -0.137. The van der Waals surface area contributed by atoms with Crippen LogP contribution in [-0.4, -0.2) is 34.7 Å². The first-order chi connectivity index (χ1) is 12.2. The van der Waals surface area contributed by atoms with Gasteiger partial charge < -0.3 is 20.1 Å². The number of methoxy groups -OCH3 is 1. The molecule has 0 fully saturated rings. The zero-order valence-corrected chi connectivity index (χ0v) is 13.6. The maximum absolute atomic E-state index is 12.6. The minimum absolute atomic E-state index is 0.0152. The summed E-state index contributed by atoms with van der Waals surface area (Å²) in [6.07, 6.45) is -4.48. The molecule has 1 aromatic heterocycles. The summed E-state index contributed by atoms with van der Waals surface area (Å²) in [5, 5.41) is 11.9. The van der Waals surface area contributed by atoms with E-state index in [1.807, 2.05) is 0 Å². The van der Waals surface area contributed by atoms with Crippen LogP contribution < -0.4 is 10.9 Å². The Morgan fingerprint density at radius 2 is 2.00 bits per heavy atom. The van der Waals surface area contributed by atoms with Crippen LogP contribution in [0, 0.1) is 0 Å². The van der Waals surface area contributed by atoms with E-state index >= 15 is 0 Å². The van der Waals surface area contributed by atoms with Gasteiger partial charge in [0.1, 0.15) is 18.1 Å². The molecule has 2 aromatic rings. The van der Waals surface area contributed by atoms with Crippen LogP contribution in [0.2, 0.25) is 0 Å². The smallest absolute Gasteiger partial charge is 0.394 e. The average Bonchev–Trinajstić information content (AvgIpc) is 2.58. The van der Waals surface area contributed by atoms with Crippen LogP contribution in [0.5, 0.6) is 0 Å². The van der Waals surface area contributed by atoms with Crippen LogP contribution in [0.4, 0.5) is 13.2 Å². The highest BCUT2D eigenvalue weighted by molar-refractivity contribution is 5.92. The van der Waals surface area contributed by atoms with Gasteiger partial charge in [0.05, 0.1) is 18.2 Å². The van der Waals surface area contributed by atoms with Crippen molar-refractivity contribution in [2.45, 2.75) is 18.8 Å². The first kappa shape index (κ1) is 19.6. The fourth-order valence-corrected chi connectivity index (χ4v) is 2.20. The number of aromatic nitrogens is 2. The molecule has 0 aliphatic heterocycles. The fourth-order valence-electron chi connectivity index (χ4n) is 2.20. The van der Waals surface area contributed by atoms with Crippen molar-refractivity contribution in [3.63, 3.8) is 0 Å². The van der Waals surface area contributed by atoms with E-state index in [9.17, 15) is 27.9 Å². The summed E-state index contributed by atoms with van der Waals surface area (Å²) in [5.41, 5.74) is -1.33. The number of halogens is 3. The summed E-state index contributed by atoms with van der Waals surface area (Å²) in [4.78, 5) is 30.1. The molecule has 1 atom stereocenters. The number of aliphatic hydroxyl groups is 1. The number of amides is 1. The molecule has 0 saturated carbocycles. The molecule has 26 heavy (non-hydrogen) atoms. The zero-order valence-electron chi connectivity index (χ0n) is 13.6. The monoisotopic (exact) mass is 371 g/mol. The Balaban J connectivity index is 2.19. The number of rotatable bonds is 6. The summed E-state index contributed by atoms with van der Waals surface area (Å²) in [6.45, 7) is -0.566. The van der Waals surface area contributed by atoms with Gasteiger partial charge in [0.2, 0.25) is 0 Å². The number of H-pyrrole nitrogens is 1. The van der Waals surface area contributed by atoms with Crippen molar-refractivity contribution in [2.24, 2.45) is 0 Å². The Morgan fingerprint density at radius 3 is 2.54 bits per heavy atom. The highest BCUT2D eigenvalue weighted by Crippen LogP contribution is 2.29. The third-order valence-corrected chi connectivity index (χ3v) is 3.43. The van der Waals surface area contributed by atoms with Crippen LogP contribution in [0.15, 0.2) is 35.1 Å². The molecule has 1 amide bonds. The molecule has 7 nitrogen and oxygen atoms in total. The van der Waals surface area contributed by atoms with Gasteiger partial charge in [0.15, 0.2) is 0 Å². The van der Waals surface area contributed by atoms with Gasteiger partial charge in [-0.2, -0.15) is 13.2 Å². The molecule has 0 spiro atoms. The number of benzene rings is 1. The van der Waals surface area contributed by atoms with Crippen molar-refractivity contribution >= 4 is 5.91 Å². The SMILES string of the molecule is COCc1nc(C(=O)NC(CO)c2ccc(C(F)(F)F)cc2)cc(=O)[nH]1. The Hall–Kier alpha value is -2.72. The number of aliphatic hydroxyl groups excluding tert-OH is 1. The maximum atomic E-state index is 12.6. The quantitative estimate of drug-likeness (QED) is 0.712. The van der Waals surface area contributed by atoms with E-state index in [0.717, 1.165) is 30.3 Å². The van der Waals surface area contributed by atoms with Gasteiger partial charge in [-0.05, 0) is 17.7 Å². The molecular weight excluding hydrogens is 355 g/mol. The lowest BCUT2D eigenvalue weighted by Gasteiger charge is -2.17. The third kappa shape index (κ3) is 4.90. The lowest BCUT2D eigenvalue weighted by atomic mass is 10.0. The molecular formula is C16H16F3N3O4. The number of nitrogens with one attached hydrogen (secondary N) is 2. The molecule has 0 saturated heterocycles. The number of carbonyl (C=O) groups is 1. The maximum Gasteiger partial charge on any atom is 0.416 e. The molecule has 140 valence electrons. The molecule has 1 aromatic carbocycles. The van der Waals surface area contributed by atoms with Gasteiger partial charge >= 0.3 is 6.18 Å². The molecule has 3 N–H and O–H groups in total. The summed E-state index contributed by atoms with van der Waals surface area (Å²) >= 11 is 0. The van der Waals surface area contributed by atoms with Crippen LogP contribution in [0.1, 0.15) is 33.5 Å². The van der Waals surface area contributed by atoms with Gasteiger partial charge in [0.25, 0.3) is 11.5 Å². The number of nitrogens with zero attached hydrogens (tertiary/aromatic N) is 1. The summed E-state index contributed by atoms with van der Waals surface area (Å²) in [7, 11) is 1.39. The zero-order chi connectivity index (χ0) is 19.3. The number of hydrogen-bond donors (Lipinski definition) is 3. The van der Waals surface area contributed by atoms with E-state index in [-0.39, 0.29) is 23.7 Å². The van der Waals surface area contributed by atoms with E-state index in [4.69, 9.17) is 4.74 Å². The number of ether oxygens (including phenoxy) is 1. The summed E-state index contributed by atoms with van der Waals surface area (Å²) < 4.78 is 42.6. The predicted octanol–water partition coefficient (Wildman–Crippen LogP) is 1.40. The molecule has 0 radical (unpaired) electrons. The molecule has 0 aliphatic rings. The topological polar surface area (TPSA) is 104 Å². The van der Waals surface area contributed by atoms with E-state index in [1.54, 1.807) is 0 Å². The molecule has 2 rings (SSSR count). The Morgan fingerprint density at radius 1 is 1.35 bits per heavy atom. The van der Waals surface area contributed by atoms with Gasteiger partial charge in [-0.25, -0.2) is 4.98 Å². The normalized spacial score (nSPS) is 12.7. The van der Waals surface area contributed by atoms with E-state index in [2.05, 4.69) is 15.3 Å².